The predicted octanol–water partition coefficient (Wildman–Crippen LogP) is 1.79. The largest absolute Gasteiger partial charge is 0.316 e. The molecule has 4 heteroatoms. The topological polar surface area (TPSA) is 42.7 Å². The highest BCUT2D eigenvalue weighted by atomic mass is 15.3. The van der Waals surface area contributed by atoms with Crippen LogP contribution < -0.4 is 5.32 Å². The zero-order valence-corrected chi connectivity index (χ0v) is 11.4. The van der Waals surface area contributed by atoms with Crippen LogP contribution in [-0.4, -0.2) is 27.9 Å². The minimum absolute atomic E-state index is 0.775. The maximum Gasteiger partial charge on any atom is 0.133 e. The summed E-state index contributed by atoms with van der Waals surface area (Å²) in [6, 6.07) is 0. The molecule has 18 heavy (non-hydrogen) atoms. The molecule has 2 aliphatic heterocycles. The Morgan fingerprint density at radius 1 is 1.33 bits per heavy atom. The third-order valence-electron chi connectivity index (χ3n) is 4.46. The van der Waals surface area contributed by atoms with Crippen molar-refractivity contribution in [1.82, 2.24) is 20.1 Å². The van der Waals surface area contributed by atoms with Crippen molar-refractivity contribution in [1.29, 1.82) is 0 Å². The van der Waals surface area contributed by atoms with E-state index in [0.29, 0.717) is 0 Å². The SMILES string of the molecule is CC1CCn2c(CCC3CCCNC3)nnc2C1. The predicted molar refractivity (Wildman–Crippen MR) is 71.4 cm³/mol. The normalized spacial score (nSPS) is 28.1. The Bertz CT molecular complexity index is 392. The minimum atomic E-state index is 0.775. The van der Waals surface area contributed by atoms with Crippen molar-refractivity contribution in [2.45, 2.75) is 52.0 Å². The highest BCUT2D eigenvalue weighted by Gasteiger charge is 2.21. The van der Waals surface area contributed by atoms with Crippen molar-refractivity contribution in [3.05, 3.63) is 11.6 Å². The van der Waals surface area contributed by atoms with Crippen LogP contribution in [0.3, 0.4) is 0 Å². The zero-order chi connectivity index (χ0) is 12.4. The van der Waals surface area contributed by atoms with Gasteiger partial charge >= 0.3 is 0 Å². The molecule has 4 nitrogen and oxygen atoms in total. The highest BCUT2D eigenvalue weighted by Crippen LogP contribution is 2.22. The Hall–Kier alpha value is -0.900. The van der Waals surface area contributed by atoms with E-state index in [0.717, 1.165) is 31.2 Å². The van der Waals surface area contributed by atoms with Gasteiger partial charge in [0.2, 0.25) is 0 Å². The molecule has 2 unspecified atom stereocenters. The second kappa shape index (κ2) is 5.39. The molecule has 100 valence electrons. The van der Waals surface area contributed by atoms with Gasteiger partial charge in [-0.1, -0.05) is 6.92 Å². The average molecular weight is 248 g/mol. The van der Waals surface area contributed by atoms with Crippen molar-refractivity contribution >= 4 is 0 Å². The number of nitrogens with one attached hydrogen (secondary N) is 1. The molecule has 1 aromatic rings. The Morgan fingerprint density at radius 3 is 3.11 bits per heavy atom. The van der Waals surface area contributed by atoms with Gasteiger partial charge in [-0.3, -0.25) is 0 Å². The third-order valence-corrected chi connectivity index (χ3v) is 4.46. The molecule has 3 rings (SSSR count). The van der Waals surface area contributed by atoms with Crippen LogP contribution in [-0.2, 0) is 19.4 Å². The first-order chi connectivity index (χ1) is 8.83. The lowest BCUT2D eigenvalue weighted by Gasteiger charge is -2.23. The van der Waals surface area contributed by atoms with Gasteiger partial charge < -0.3 is 9.88 Å². The average Bonchev–Trinajstić information content (AvgIpc) is 2.80. The van der Waals surface area contributed by atoms with E-state index in [1.54, 1.807) is 0 Å². The number of hydrogen-bond acceptors (Lipinski definition) is 3. The summed E-state index contributed by atoms with van der Waals surface area (Å²) < 4.78 is 2.37. The molecule has 0 aliphatic carbocycles. The molecule has 1 saturated heterocycles. The maximum absolute atomic E-state index is 4.41. The fourth-order valence-corrected chi connectivity index (χ4v) is 3.23. The summed E-state index contributed by atoms with van der Waals surface area (Å²) in [4.78, 5) is 0. The van der Waals surface area contributed by atoms with Gasteiger partial charge in [0.15, 0.2) is 0 Å². The van der Waals surface area contributed by atoms with Gasteiger partial charge in [0.05, 0.1) is 0 Å². The molecule has 0 bridgehead atoms. The second-order valence-electron chi connectivity index (χ2n) is 6.03. The fraction of sp³-hybridized carbons (Fsp3) is 0.857. The molecule has 1 aromatic heterocycles. The summed E-state index contributed by atoms with van der Waals surface area (Å²) in [6.07, 6.45) is 7.47. The molecule has 0 amide bonds. The number of rotatable bonds is 3. The molecule has 2 atom stereocenters. The molecule has 2 aliphatic rings. The first-order valence-corrected chi connectivity index (χ1v) is 7.44. The van der Waals surface area contributed by atoms with Gasteiger partial charge in [-0.25, -0.2) is 0 Å². The zero-order valence-electron chi connectivity index (χ0n) is 11.4. The van der Waals surface area contributed by atoms with Crippen molar-refractivity contribution in [3.8, 4) is 0 Å². The van der Waals surface area contributed by atoms with E-state index < -0.39 is 0 Å². The van der Waals surface area contributed by atoms with Crippen molar-refractivity contribution < 1.29 is 0 Å². The van der Waals surface area contributed by atoms with Gasteiger partial charge in [0.1, 0.15) is 11.6 Å². The lowest BCUT2D eigenvalue weighted by Crippen LogP contribution is -2.30. The number of aromatic nitrogens is 3. The maximum atomic E-state index is 4.41. The van der Waals surface area contributed by atoms with Crippen molar-refractivity contribution in [3.63, 3.8) is 0 Å². The van der Waals surface area contributed by atoms with E-state index in [9.17, 15) is 0 Å². The smallest absolute Gasteiger partial charge is 0.133 e. The molecular weight excluding hydrogens is 224 g/mol. The molecule has 0 saturated carbocycles. The van der Waals surface area contributed by atoms with E-state index in [2.05, 4.69) is 27.0 Å². The minimum Gasteiger partial charge on any atom is -0.316 e. The standard InChI is InChI=1S/C14H24N4/c1-11-6-8-18-13(16-17-14(18)9-11)5-4-12-3-2-7-15-10-12/h11-12,15H,2-10H2,1H3. The van der Waals surface area contributed by atoms with Crippen LogP contribution in [0.5, 0.6) is 0 Å². The third kappa shape index (κ3) is 2.58. The summed E-state index contributed by atoms with van der Waals surface area (Å²) in [5.74, 6) is 4.05. The van der Waals surface area contributed by atoms with Crippen LogP contribution in [0.15, 0.2) is 0 Å². The lowest BCUT2D eigenvalue weighted by molar-refractivity contribution is 0.350. The van der Waals surface area contributed by atoms with E-state index in [-0.39, 0.29) is 0 Å². The van der Waals surface area contributed by atoms with E-state index in [1.807, 2.05) is 0 Å². The summed E-state index contributed by atoms with van der Waals surface area (Å²) in [6.45, 7) is 5.83. The van der Waals surface area contributed by atoms with Gasteiger partial charge in [-0.05, 0) is 50.6 Å². The molecule has 3 heterocycles. The van der Waals surface area contributed by atoms with Gasteiger partial charge in [0, 0.05) is 19.4 Å². The van der Waals surface area contributed by atoms with Gasteiger partial charge in [-0.2, -0.15) is 0 Å². The molecule has 0 spiro atoms. The van der Waals surface area contributed by atoms with E-state index in [4.69, 9.17) is 0 Å². The first-order valence-electron chi connectivity index (χ1n) is 7.44. The first kappa shape index (κ1) is 12.2. The molecule has 0 aromatic carbocycles. The number of aryl methyl sites for hydroxylation is 1. The van der Waals surface area contributed by atoms with E-state index >= 15 is 0 Å². The van der Waals surface area contributed by atoms with Crippen LogP contribution in [0.1, 0.15) is 44.3 Å². The molecule has 0 radical (unpaired) electrons. The fourth-order valence-electron chi connectivity index (χ4n) is 3.23. The van der Waals surface area contributed by atoms with E-state index in [1.165, 1.54) is 50.4 Å². The molecule has 1 fully saturated rings. The monoisotopic (exact) mass is 248 g/mol. The second-order valence-corrected chi connectivity index (χ2v) is 6.03. The molecule has 1 N–H and O–H groups in total. The summed E-state index contributed by atoms with van der Waals surface area (Å²) in [5, 5.41) is 12.3. The van der Waals surface area contributed by atoms with Crippen LogP contribution in [0, 0.1) is 11.8 Å². The molecular formula is C14H24N4. The van der Waals surface area contributed by atoms with Crippen LogP contribution in [0.4, 0.5) is 0 Å². The summed E-state index contributed by atoms with van der Waals surface area (Å²) in [5.41, 5.74) is 0. The Kier molecular flexibility index (Phi) is 3.64. The number of hydrogen-bond donors (Lipinski definition) is 1. The van der Waals surface area contributed by atoms with Crippen molar-refractivity contribution in [2.75, 3.05) is 13.1 Å². The quantitative estimate of drug-likeness (QED) is 0.887. The van der Waals surface area contributed by atoms with Gasteiger partial charge in [-0.15, -0.1) is 10.2 Å². The Morgan fingerprint density at radius 2 is 2.28 bits per heavy atom. The summed E-state index contributed by atoms with van der Waals surface area (Å²) >= 11 is 0. The van der Waals surface area contributed by atoms with Crippen molar-refractivity contribution in [2.24, 2.45) is 11.8 Å². The number of nitrogens with zero attached hydrogens (tertiary/aromatic N) is 3. The Balaban J connectivity index is 1.59. The number of fused-ring (bicyclic) bond motifs is 1. The van der Waals surface area contributed by atoms with Crippen LogP contribution in [0.25, 0.3) is 0 Å². The Labute approximate surface area is 109 Å². The van der Waals surface area contributed by atoms with Gasteiger partial charge in [0.25, 0.3) is 0 Å². The lowest BCUT2D eigenvalue weighted by atomic mass is 9.94. The van der Waals surface area contributed by atoms with Crippen LogP contribution >= 0.6 is 0 Å². The highest BCUT2D eigenvalue weighted by molar-refractivity contribution is 5.00. The number of piperidine rings is 1. The summed E-state index contributed by atoms with van der Waals surface area (Å²) in [7, 11) is 0. The van der Waals surface area contributed by atoms with Crippen LogP contribution in [0.2, 0.25) is 0 Å².